The molecule has 0 saturated heterocycles. The summed E-state index contributed by atoms with van der Waals surface area (Å²) in [6.45, 7) is 4.06. The van der Waals surface area contributed by atoms with Crippen LogP contribution in [0.25, 0.3) is 0 Å². The molecule has 0 fully saturated rings. The number of aryl methyl sites for hydroxylation is 2. The van der Waals surface area contributed by atoms with Crippen LogP contribution in [0, 0.1) is 13.8 Å². The molecule has 3 heteroatoms. The highest BCUT2D eigenvalue weighted by molar-refractivity contribution is 7.14. The van der Waals surface area contributed by atoms with E-state index in [4.69, 9.17) is 0 Å². The van der Waals surface area contributed by atoms with E-state index >= 15 is 0 Å². The van der Waals surface area contributed by atoms with Crippen molar-refractivity contribution in [3.05, 3.63) is 45.4 Å². The smallest absolute Gasteiger partial charge is 0.204 e. The molecule has 0 atom stereocenters. The van der Waals surface area contributed by atoms with E-state index in [0.717, 1.165) is 10.4 Å². The summed E-state index contributed by atoms with van der Waals surface area (Å²) in [7, 11) is 0. The highest BCUT2D eigenvalue weighted by atomic mass is 32.1. The van der Waals surface area contributed by atoms with Gasteiger partial charge in [0.2, 0.25) is 5.78 Å². The van der Waals surface area contributed by atoms with Gasteiger partial charge in [0, 0.05) is 22.8 Å². The van der Waals surface area contributed by atoms with E-state index in [2.05, 4.69) is 4.98 Å². The van der Waals surface area contributed by atoms with E-state index in [9.17, 15) is 4.79 Å². The van der Waals surface area contributed by atoms with Crippen molar-refractivity contribution in [3.63, 3.8) is 0 Å². The Morgan fingerprint density at radius 3 is 2.71 bits per heavy atom. The first-order valence-corrected chi connectivity index (χ1v) is 5.24. The summed E-state index contributed by atoms with van der Waals surface area (Å²) in [5.41, 5.74) is 1.92. The maximum absolute atomic E-state index is 11.9. The topological polar surface area (TPSA) is 32.9 Å². The first-order chi connectivity index (χ1) is 6.68. The molecular formula is C11H11NOS. The lowest BCUT2D eigenvalue weighted by molar-refractivity contribution is 0.104. The van der Waals surface area contributed by atoms with Gasteiger partial charge in [0.05, 0.1) is 4.88 Å². The Morgan fingerprint density at radius 1 is 1.43 bits per heavy atom. The van der Waals surface area contributed by atoms with Crippen molar-refractivity contribution in [1.82, 2.24) is 4.98 Å². The van der Waals surface area contributed by atoms with Gasteiger partial charge in [0.15, 0.2) is 0 Å². The molecule has 0 aliphatic heterocycles. The van der Waals surface area contributed by atoms with E-state index in [1.807, 2.05) is 19.9 Å². The van der Waals surface area contributed by atoms with Crippen molar-refractivity contribution in [1.29, 1.82) is 0 Å². The number of hydrogen-bond acceptors (Lipinski definition) is 2. The van der Waals surface area contributed by atoms with Gasteiger partial charge in [-0.3, -0.25) is 4.79 Å². The molecule has 0 aliphatic carbocycles. The van der Waals surface area contributed by atoms with Gasteiger partial charge in [-0.2, -0.15) is 0 Å². The zero-order valence-electron chi connectivity index (χ0n) is 8.13. The Kier molecular flexibility index (Phi) is 2.25. The van der Waals surface area contributed by atoms with Crippen LogP contribution in [0.15, 0.2) is 24.5 Å². The Balaban J connectivity index is 2.37. The van der Waals surface area contributed by atoms with Crippen LogP contribution in [0.2, 0.25) is 0 Å². The third-order valence-electron chi connectivity index (χ3n) is 2.25. The number of hydrogen-bond donors (Lipinski definition) is 1. The second-order valence-corrected chi connectivity index (χ2v) is 4.53. The van der Waals surface area contributed by atoms with Crippen LogP contribution >= 0.6 is 11.3 Å². The second kappa shape index (κ2) is 3.42. The highest BCUT2D eigenvalue weighted by Crippen LogP contribution is 2.23. The molecular weight excluding hydrogens is 194 g/mol. The van der Waals surface area contributed by atoms with Crippen LogP contribution in [0.3, 0.4) is 0 Å². The van der Waals surface area contributed by atoms with Gasteiger partial charge < -0.3 is 4.98 Å². The molecule has 72 valence electrons. The van der Waals surface area contributed by atoms with E-state index in [0.29, 0.717) is 0 Å². The minimum Gasteiger partial charge on any atom is -0.367 e. The average Bonchev–Trinajstić information content (AvgIpc) is 2.76. The maximum Gasteiger partial charge on any atom is 0.204 e. The molecule has 0 radical (unpaired) electrons. The number of aromatic nitrogens is 1. The standard InChI is InChI=1S/C11H11NOS/c1-7-5-10(14-8(7)2)11(13)9-3-4-12-6-9/h3-6,12H,1-2H3. The molecule has 0 bridgehead atoms. The van der Waals surface area contributed by atoms with Gasteiger partial charge in [0.1, 0.15) is 0 Å². The number of rotatable bonds is 2. The number of aromatic amines is 1. The molecule has 2 nitrogen and oxygen atoms in total. The lowest BCUT2D eigenvalue weighted by atomic mass is 10.2. The van der Waals surface area contributed by atoms with E-state index in [-0.39, 0.29) is 5.78 Å². The normalized spacial score (nSPS) is 10.4. The first kappa shape index (κ1) is 9.21. The van der Waals surface area contributed by atoms with Crippen molar-refractivity contribution in [2.45, 2.75) is 13.8 Å². The second-order valence-electron chi connectivity index (χ2n) is 3.28. The third-order valence-corrected chi connectivity index (χ3v) is 3.40. The fraction of sp³-hybridized carbons (Fsp3) is 0.182. The van der Waals surface area contributed by atoms with Crippen LogP contribution in [0.4, 0.5) is 0 Å². The number of ketones is 1. The van der Waals surface area contributed by atoms with Crippen molar-refractivity contribution >= 4 is 17.1 Å². The predicted molar refractivity (Wildman–Crippen MR) is 58.0 cm³/mol. The molecule has 0 unspecified atom stereocenters. The van der Waals surface area contributed by atoms with Gasteiger partial charge >= 0.3 is 0 Å². The molecule has 0 aromatic carbocycles. The SMILES string of the molecule is Cc1cc(C(=O)c2cc[nH]c2)sc1C. The first-order valence-electron chi connectivity index (χ1n) is 4.43. The minimum absolute atomic E-state index is 0.104. The van der Waals surface area contributed by atoms with Crippen LogP contribution in [0.5, 0.6) is 0 Å². The summed E-state index contributed by atoms with van der Waals surface area (Å²) >= 11 is 1.56. The van der Waals surface area contributed by atoms with Crippen LogP contribution in [-0.2, 0) is 0 Å². The Hall–Kier alpha value is -1.35. The maximum atomic E-state index is 11.9. The molecule has 0 aliphatic rings. The highest BCUT2D eigenvalue weighted by Gasteiger charge is 2.12. The number of nitrogens with one attached hydrogen (secondary N) is 1. The van der Waals surface area contributed by atoms with E-state index < -0.39 is 0 Å². The molecule has 2 rings (SSSR count). The molecule has 2 aromatic rings. The largest absolute Gasteiger partial charge is 0.367 e. The van der Waals surface area contributed by atoms with Gasteiger partial charge in [-0.15, -0.1) is 11.3 Å². The van der Waals surface area contributed by atoms with Gasteiger partial charge in [-0.1, -0.05) is 0 Å². The number of carbonyl (C=O) groups is 1. The minimum atomic E-state index is 0.104. The van der Waals surface area contributed by atoms with Crippen molar-refractivity contribution < 1.29 is 4.79 Å². The zero-order valence-corrected chi connectivity index (χ0v) is 8.94. The fourth-order valence-corrected chi connectivity index (χ4v) is 2.29. The summed E-state index contributed by atoms with van der Waals surface area (Å²) in [6, 6.07) is 3.75. The van der Waals surface area contributed by atoms with Crippen molar-refractivity contribution in [3.8, 4) is 0 Å². The Labute approximate surface area is 86.6 Å². The molecule has 2 heterocycles. The third kappa shape index (κ3) is 1.51. The Morgan fingerprint density at radius 2 is 2.21 bits per heavy atom. The molecule has 0 amide bonds. The lowest BCUT2D eigenvalue weighted by Crippen LogP contribution is -1.95. The van der Waals surface area contributed by atoms with Gasteiger partial charge in [-0.25, -0.2) is 0 Å². The lowest BCUT2D eigenvalue weighted by Gasteiger charge is -1.90. The summed E-state index contributed by atoms with van der Waals surface area (Å²) < 4.78 is 0. The quantitative estimate of drug-likeness (QED) is 0.751. The fourth-order valence-electron chi connectivity index (χ4n) is 1.29. The predicted octanol–water partition coefficient (Wildman–Crippen LogP) is 2.92. The zero-order chi connectivity index (χ0) is 10.1. The molecule has 0 saturated carbocycles. The molecule has 1 N–H and O–H groups in total. The summed E-state index contributed by atoms with van der Waals surface area (Å²) in [5.74, 6) is 0.104. The summed E-state index contributed by atoms with van der Waals surface area (Å²) in [4.78, 5) is 16.8. The van der Waals surface area contributed by atoms with Gasteiger partial charge in [0.25, 0.3) is 0 Å². The number of thiophene rings is 1. The Bertz CT molecular complexity index is 434. The number of H-pyrrole nitrogens is 1. The molecule has 0 spiro atoms. The van der Waals surface area contributed by atoms with Crippen LogP contribution in [0.1, 0.15) is 25.7 Å². The van der Waals surface area contributed by atoms with Crippen LogP contribution in [-0.4, -0.2) is 10.8 Å². The average molecular weight is 205 g/mol. The summed E-state index contributed by atoms with van der Waals surface area (Å²) in [5, 5.41) is 0. The molecule has 2 aromatic heterocycles. The van der Waals surface area contributed by atoms with Crippen LogP contribution < -0.4 is 0 Å². The monoisotopic (exact) mass is 205 g/mol. The van der Waals surface area contributed by atoms with Gasteiger partial charge in [-0.05, 0) is 31.5 Å². The summed E-state index contributed by atoms with van der Waals surface area (Å²) in [6.07, 6.45) is 3.49. The van der Waals surface area contributed by atoms with Crippen molar-refractivity contribution in [2.24, 2.45) is 0 Å². The van der Waals surface area contributed by atoms with E-state index in [1.165, 1.54) is 10.4 Å². The van der Waals surface area contributed by atoms with Crippen molar-refractivity contribution in [2.75, 3.05) is 0 Å². The number of carbonyl (C=O) groups excluding carboxylic acids is 1. The molecule has 14 heavy (non-hydrogen) atoms. The van der Waals surface area contributed by atoms with E-state index in [1.54, 1.807) is 29.8 Å².